The van der Waals surface area contributed by atoms with E-state index in [9.17, 15) is 9.59 Å². The van der Waals surface area contributed by atoms with Crippen LogP contribution in [0.5, 0.6) is 5.75 Å². The molecular weight excluding hydrogens is 402 g/mol. The van der Waals surface area contributed by atoms with Gasteiger partial charge in [0.05, 0.1) is 0 Å². The number of nitrogens with one attached hydrogen (secondary N) is 2. The molecule has 0 spiro atoms. The van der Waals surface area contributed by atoms with Gasteiger partial charge in [0.25, 0.3) is 5.91 Å². The molecular formula is C26H29N3O3. The van der Waals surface area contributed by atoms with Crippen LogP contribution in [0.4, 0.5) is 0 Å². The zero-order chi connectivity index (χ0) is 22.1. The lowest BCUT2D eigenvalue weighted by molar-refractivity contribution is -0.126. The van der Waals surface area contributed by atoms with Gasteiger partial charge in [-0.3, -0.25) is 9.59 Å². The third-order valence-electron chi connectivity index (χ3n) is 6.76. The predicted octanol–water partition coefficient (Wildman–Crippen LogP) is 3.52. The van der Waals surface area contributed by atoms with Crippen LogP contribution in [-0.4, -0.2) is 34.9 Å². The van der Waals surface area contributed by atoms with Gasteiger partial charge in [-0.1, -0.05) is 36.9 Å². The molecule has 6 heteroatoms. The Kier molecular flexibility index (Phi) is 5.70. The molecule has 3 unspecified atom stereocenters. The fraction of sp³-hybridized carbons (Fsp3) is 0.385. The Morgan fingerprint density at radius 3 is 2.75 bits per heavy atom. The maximum atomic E-state index is 12.9. The molecule has 2 amide bonds. The first kappa shape index (κ1) is 20.8. The molecule has 1 saturated heterocycles. The van der Waals surface area contributed by atoms with Gasteiger partial charge in [-0.05, 0) is 61.4 Å². The lowest BCUT2D eigenvalue weighted by atomic mass is 10.0. The summed E-state index contributed by atoms with van der Waals surface area (Å²) in [7, 11) is 0. The summed E-state index contributed by atoms with van der Waals surface area (Å²) in [6, 6.07) is 16.0. The molecule has 1 saturated carbocycles. The highest BCUT2D eigenvalue weighted by Crippen LogP contribution is 2.32. The number of hydrogen-bond donors (Lipinski definition) is 2. The summed E-state index contributed by atoms with van der Waals surface area (Å²) in [6.07, 6.45) is 4.67. The molecule has 2 heterocycles. The minimum Gasteiger partial charge on any atom is -0.489 e. The number of rotatable bonds is 6. The number of benzene rings is 2. The fourth-order valence-corrected chi connectivity index (χ4v) is 5.02. The van der Waals surface area contributed by atoms with Gasteiger partial charge in [0.15, 0.2) is 0 Å². The highest BCUT2D eigenvalue weighted by atomic mass is 16.5. The molecule has 2 aliphatic heterocycles. The van der Waals surface area contributed by atoms with E-state index in [1.54, 1.807) is 4.90 Å². The summed E-state index contributed by atoms with van der Waals surface area (Å²) in [6.45, 7) is 5.09. The van der Waals surface area contributed by atoms with E-state index in [0.717, 1.165) is 42.8 Å². The van der Waals surface area contributed by atoms with Gasteiger partial charge in [-0.2, -0.15) is 0 Å². The molecule has 2 aromatic carbocycles. The molecule has 5 rings (SSSR count). The molecule has 2 aromatic rings. The average Bonchev–Trinajstić information content (AvgIpc) is 3.37. The molecule has 32 heavy (non-hydrogen) atoms. The molecule has 3 aliphatic rings. The van der Waals surface area contributed by atoms with Crippen molar-refractivity contribution in [3.8, 4) is 5.75 Å². The first-order valence-corrected chi connectivity index (χ1v) is 11.4. The molecule has 2 fully saturated rings. The van der Waals surface area contributed by atoms with Gasteiger partial charge in [-0.25, -0.2) is 0 Å². The maximum absolute atomic E-state index is 12.9. The highest BCUT2D eigenvalue weighted by Gasteiger charge is 2.38. The van der Waals surface area contributed by atoms with Crippen molar-refractivity contribution in [2.45, 2.75) is 63.4 Å². The molecule has 0 aromatic heterocycles. The van der Waals surface area contributed by atoms with Gasteiger partial charge < -0.3 is 20.3 Å². The molecule has 3 atom stereocenters. The number of allylic oxidation sites excluding steroid dienone is 1. The van der Waals surface area contributed by atoms with E-state index in [-0.39, 0.29) is 17.9 Å². The molecule has 1 aliphatic carbocycles. The Bertz CT molecular complexity index is 1040. The van der Waals surface area contributed by atoms with Gasteiger partial charge in [-0.15, -0.1) is 0 Å². The average molecular weight is 432 g/mol. The summed E-state index contributed by atoms with van der Waals surface area (Å²) in [5.41, 5.74) is 3.58. The Morgan fingerprint density at radius 1 is 1.09 bits per heavy atom. The van der Waals surface area contributed by atoms with E-state index in [1.165, 1.54) is 5.56 Å². The van der Waals surface area contributed by atoms with Crippen LogP contribution in [0.3, 0.4) is 0 Å². The third-order valence-corrected chi connectivity index (χ3v) is 6.76. The van der Waals surface area contributed by atoms with E-state index in [1.807, 2.05) is 24.3 Å². The third kappa shape index (κ3) is 4.15. The van der Waals surface area contributed by atoms with Crippen molar-refractivity contribution in [3.63, 3.8) is 0 Å². The van der Waals surface area contributed by atoms with Crippen LogP contribution in [0, 0.1) is 0 Å². The minimum atomic E-state index is -0.439. The Morgan fingerprint density at radius 2 is 1.94 bits per heavy atom. The summed E-state index contributed by atoms with van der Waals surface area (Å²) >= 11 is 0. The molecule has 0 bridgehead atoms. The normalized spacial score (nSPS) is 25.1. The topological polar surface area (TPSA) is 70.7 Å². The number of carbonyl (C=O) groups is 2. The lowest BCUT2D eigenvalue weighted by Gasteiger charge is -2.30. The first-order chi connectivity index (χ1) is 15.6. The molecule has 0 radical (unpaired) electrons. The standard InChI is InChI=1S/C26H29N3O3/c1-17-10-13-23(25(30)28-17)29-16-19-14-20(11-12-21(19)26(29)31)32-24-9-5-8-22(24)27-15-18-6-3-2-4-7-18/h2-4,6-7,11-12,14,22-24,27H,1,5,8-10,13,15-16H2,(H,28,30). The predicted molar refractivity (Wildman–Crippen MR) is 122 cm³/mol. The Hall–Kier alpha value is -3.12. The maximum Gasteiger partial charge on any atom is 0.255 e. The quantitative estimate of drug-likeness (QED) is 0.734. The van der Waals surface area contributed by atoms with Crippen LogP contribution in [-0.2, 0) is 17.9 Å². The van der Waals surface area contributed by atoms with Crippen LogP contribution < -0.4 is 15.4 Å². The van der Waals surface area contributed by atoms with E-state index in [4.69, 9.17) is 4.74 Å². The second-order valence-corrected chi connectivity index (χ2v) is 8.96. The Labute approximate surface area is 188 Å². The van der Waals surface area contributed by atoms with Crippen LogP contribution in [0.1, 0.15) is 53.6 Å². The van der Waals surface area contributed by atoms with Crippen LogP contribution in [0.15, 0.2) is 60.8 Å². The van der Waals surface area contributed by atoms with Crippen molar-refractivity contribution in [1.29, 1.82) is 0 Å². The largest absolute Gasteiger partial charge is 0.489 e. The van der Waals surface area contributed by atoms with Crippen molar-refractivity contribution in [1.82, 2.24) is 15.5 Å². The number of nitrogens with zero attached hydrogens (tertiary/aromatic N) is 1. The highest BCUT2D eigenvalue weighted by molar-refractivity contribution is 6.01. The summed E-state index contributed by atoms with van der Waals surface area (Å²) in [5, 5.41) is 6.43. The van der Waals surface area contributed by atoms with Crippen molar-refractivity contribution < 1.29 is 14.3 Å². The van der Waals surface area contributed by atoms with Gasteiger partial charge >= 0.3 is 0 Å². The second-order valence-electron chi connectivity index (χ2n) is 8.96. The molecule has 6 nitrogen and oxygen atoms in total. The number of fused-ring (bicyclic) bond motifs is 1. The number of amides is 2. The monoisotopic (exact) mass is 431 g/mol. The Balaban J connectivity index is 1.24. The van der Waals surface area contributed by atoms with Crippen molar-refractivity contribution in [2.75, 3.05) is 0 Å². The van der Waals surface area contributed by atoms with Gasteiger partial charge in [0, 0.05) is 30.4 Å². The zero-order valence-corrected chi connectivity index (χ0v) is 18.2. The summed E-state index contributed by atoms with van der Waals surface area (Å²) < 4.78 is 6.37. The zero-order valence-electron chi connectivity index (χ0n) is 18.2. The minimum absolute atomic E-state index is 0.0810. The van der Waals surface area contributed by atoms with Crippen LogP contribution >= 0.6 is 0 Å². The summed E-state index contributed by atoms with van der Waals surface area (Å²) in [5.74, 6) is 0.568. The molecule has 2 N–H and O–H groups in total. The number of carbonyl (C=O) groups excluding carboxylic acids is 2. The van der Waals surface area contributed by atoms with E-state index in [0.29, 0.717) is 31.0 Å². The number of hydrogen-bond acceptors (Lipinski definition) is 4. The first-order valence-electron chi connectivity index (χ1n) is 11.4. The fourth-order valence-electron chi connectivity index (χ4n) is 5.02. The van der Waals surface area contributed by atoms with Gasteiger partial charge in [0.2, 0.25) is 5.91 Å². The lowest BCUT2D eigenvalue weighted by Crippen LogP contribution is -2.49. The van der Waals surface area contributed by atoms with E-state index >= 15 is 0 Å². The van der Waals surface area contributed by atoms with Gasteiger partial charge in [0.1, 0.15) is 17.9 Å². The molecule has 166 valence electrons. The second kappa shape index (κ2) is 8.79. The summed E-state index contributed by atoms with van der Waals surface area (Å²) in [4.78, 5) is 27.0. The van der Waals surface area contributed by atoms with Crippen LogP contribution in [0.25, 0.3) is 0 Å². The van der Waals surface area contributed by atoms with Crippen molar-refractivity contribution in [3.05, 3.63) is 77.5 Å². The SMILES string of the molecule is C=C1CCC(N2Cc3cc(OC4CCCC4NCc4ccccc4)ccc3C2=O)C(=O)N1. The number of piperidine rings is 1. The van der Waals surface area contributed by atoms with Crippen LogP contribution in [0.2, 0.25) is 0 Å². The van der Waals surface area contributed by atoms with E-state index in [2.05, 4.69) is 41.5 Å². The van der Waals surface area contributed by atoms with Crippen molar-refractivity contribution >= 4 is 11.8 Å². The van der Waals surface area contributed by atoms with Crippen molar-refractivity contribution in [2.24, 2.45) is 0 Å². The number of ether oxygens (including phenoxy) is 1. The smallest absolute Gasteiger partial charge is 0.255 e. The van der Waals surface area contributed by atoms with E-state index < -0.39 is 6.04 Å².